The van der Waals surface area contributed by atoms with Gasteiger partial charge in [0.2, 0.25) is 0 Å². The molecule has 1 unspecified atom stereocenters. The van der Waals surface area contributed by atoms with Crippen molar-refractivity contribution in [1.29, 1.82) is 0 Å². The Labute approximate surface area is 123 Å². The van der Waals surface area contributed by atoms with Gasteiger partial charge in [0.05, 0.1) is 0 Å². The van der Waals surface area contributed by atoms with E-state index < -0.39 is 0 Å². The maximum absolute atomic E-state index is 2.68. The van der Waals surface area contributed by atoms with Crippen LogP contribution in [0, 0.1) is 5.41 Å². The van der Waals surface area contributed by atoms with E-state index in [1.54, 1.807) is 0 Å². The molecule has 0 N–H and O–H groups in total. The van der Waals surface area contributed by atoms with E-state index in [4.69, 9.17) is 0 Å². The van der Waals surface area contributed by atoms with Gasteiger partial charge < -0.3 is 0 Å². The lowest BCUT2D eigenvalue weighted by molar-refractivity contribution is 0.147. The standard InChI is InChI=1S/C18H28N2/c1-17(2,3)20-12-10-18(15-20)9-11-19(14-18)13-16-7-5-4-6-8-16/h4-8H,9-15H2,1-3H3. The summed E-state index contributed by atoms with van der Waals surface area (Å²) < 4.78 is 0. The predicted octanol–water partition coefficient (Wildman–Crippen LogP) is 3.38. The zero-order valence-corrected chi connectivity index (χ0v) is 13.2. The van der Waals surface area contributed by atoms with Crippen LogP contribution in [0.1, 0.15) is 39.2 Å². The molecule has 2 nitrogen and oxygen atoms in total. The highest BCUT2D eigenvalue weighted by atomic mass is 15.2. The van der Waals surface area contributed by atoms with Crippen molar-refractivity contribution in [3.63, 3.8) is 0 Å². The third-order valence-corrected chi connectivity index (χ3v) is 5.15. The molecule has 2 heterocycles. The molecule has 2 fully saturated rings. The highest BCUT2D eigenvalue weighted by Gasteiger charge is 2.45. The average Bonchev–Trinajstić information content (AvgIpc) is 2.99. The lowest BCUT2D eigenvalue weighted by Gasteiger charge is -2.33. The maximum Gasteiger partial charge on any atom is 0.0233 e. The highest BCUT2D eigenvalue weighted by Crippen LogP contribution is 2.41. The molecule has 20 heavy (non-hydrogen) atoms. The van der Waals surface area contributed by atoms with Crippen molar-refractivity contribution in [1.82, 2.24) is 9.80 Å². The van der Waals surface area contributed by atoms with Crippen LogP contribution in [0.15, 0.2) is 30.3 Å². The Bertz CT molecular complexity index is 448. The Hall–Kier alpha value is -0.860. The Morgan fingerprint density at radius 1 is 1.00 bits per heavy atom. The van der Waals surface area contributed by atoms with E-state index in [-0.39, 0.29) is 0 Å². The van der Waals surface area contributed by atoms with Crippen molar-refractivity contribution in [3.8, 4) is 0 Å². The number of hydrogen-bond donors (Lipinski definition) is 0. The third-order valence-electron chi connectivity index (χ3n) is 5.15. The second kappa shape index (κ2) is 5.16. The Kier molecular flexibility index (Phi) is 3.64. The zero-order chi connectivity index (χ0) is 14.2. The fourth-order valence-electron chi connectivity index (χ4n) is 3.85. The first-order chi connectivity index (χ1) is 9.47. The van der Waals surface area contributed by atoms with Gasteiger partial charge in [-0.05, 0) is 57.7 Å². The first kappa shape index (κ1) is 14.1. The van der Waals surface area contributed by atoms with Crippen LogP contribution in [0.3, 0.4) is 0 Å². The molecule has 3 rings (SSSR count). The summed E-state index contributed by atoms with van der Waals surface area (Å²) in [5, 5.41) is 0. The average molecular weight is 272 g/mol. The predicted molar refractivity (Wildman–Crippen MR) is 84.7 cm³/mol. The lowest BCUT2D eigenvalue weighted by Crippen LogP contribution is -2.41. The summed E-state index contributed by atoms with van der Waals surface area (Å²) >= 11 is 0. The molecule has 1 atom stereocenters. The van der Waals surface area contributed by atoms with Gasteiger partial charge in [-0.3, -0.25) is 9.80 Å². The molecule has 2 aliphatic heterocycles. The van der Waals surface area contributed by atoms with Gasteiger partial charge in [0.15, 0.2) is 0 Å². The number of nitrogens with zero attached hydrogens (tertiary/aromatic N) is 2. The molecule has 2 heteroatoms. The summed E-state index contributed by atoms with van der Waals surface area (Å²) in [5.74, 6) is 0. The minimum Gasteiger partial charge on any atom is -0.298 e. The second-order valence-corrected chi connectivity index (χ2v) is 7.79. The maximum atomic E-state index is 2.68. The van der Waals surface area contributed by atoms with Crippen LogP contribution in [-0.4, -0.2) is 41.5 Å². The smallest absolute Gasteiger partial charge is 0.0233 e. The third kappa shape index (κ3) is 2.91. The Morgan fingerprint density at radius 3 is 2.35 bits per heavy atom. The molecule has 1 spiro atoms. The molecule has 1 aromatic carbocycles. The van der Waals surface area contributed by atoms with Gasteiger partial charge in [-0.25, -0.2) is 0 Å². The van der Waals surface area contributed by atoms with Crippen LogP contribution in [0.2, 0.25) is 0 Å². The van der Waals surface area contributed by atoms with E-state index in [1.165, 1.54) is 44.6 Å². The summed E-state index contributed by atoms with van der Waals surface area (Å²) in [6.45, 7) is 13.3. The van der Waals surface area contributed by atoms with Gasteiger partial charge in [0, 0.05) is 25.2 Å². The first-order valence-electron chi connectivity index (χ1n) is 7.98. The Balaban J connectivity index is 1.60. The summed E-state index contributed by atoms with van der Waals surface area (Å²) in [4.78, 5) is 5.33. The molecule has 0 saturated carbocycles. The van der Waals surface area contributed by atoms with Gasteiger partial charge in [0.1, 0.15) is 0 Å². The van der Waals surface area contributed by atoms with Crippen LogP contribution in [0.4, 0.5) is 0 Å². The normalized spacial score (nSPS) is 28.6. The van der Waals surface area contributed by atoms with Crippen molar-refractivity contribution in [2.45, 2.75) is 45.7 Å². The summed E-state index contributed by atoms with van der Waals surface area (Å²) in [6, 6.07) is 10.9. The second-order valence-electron chi connectivity index (χ2n) is 7.79. The Morgan fingerprint density at radius 2 is 1.70 bits per heavy atom. The number of likely N-dealkylation sites (tertiary alicyclic amines) is 2. The van der Waals surface area contributed by atoms with E-state index >= 15 is 0 Å². The van der Waals surface area contributed by atoms with Gasteiger partial charge in [-0.15, -0.1) is 0 Å². The largest absolute Gasteiger partial charge is 0.298 e. The number of rotatable bonds is 2. The quantitative estimate of drug-likeness (QED) is 0.814. The molecule has 2 saturated heterocycles. The first-order valence-corrected chi connectivity index (χ1v) is 7.98. The van der Waals surface area contributed by atoms with E-state index in [0.29, 0.717) is 11.0 Å². The SMILES string of the molecule is CC(C)(C)N1CCC2(CCN(Cc3ccccc3)C2)C1. The molecular formula is C18H28N2. The van der Waals surface area contributed by atoms with Crippen LogP contribution in [0.25, 0.3) is 0 Å². The van der Waals surface area contributed by atoms with E-state index in [1.807, 2.05) is 0 Å². The molecule has 0 aromatic heterocycles. The van der Waals surface area contributed by atoms with Gasteiger partial charge in [-0.2, -0.15) is 0 Å². The minimum atomic E-state index is 0.330. The van der Waals surface area contributed by atoms with Crippen LogP contribution < -0.4 is 0 Å². The van der Waals surface area contributed by atoms with Crippen molar-refractivity contribution in [3.05, 3.63) is 35.9 Å². The fraction of sp³-hybridized carbons (Fsp3) is 0.667. The van der Waals surface area contributed by atoms with Crippen molar-refractivity contribution < 1.29 is 0 Å². The summed E-state index contributed by atoms with van der Waals surface area (Å²) in [7, 11) is 0. The summed E-state index contributed by atoms with van der Waals surface area (Å²) in [5.41, 5.74) is 2.36. The van der Waals surface area contributed by atoms with Crippen molar-refractivity contribution >= 4 is 0 Å². The highest BCUT2D eigenvalue weighted by molar-refractivity contribution is 5.15. The molecule has 0 amide bonds. The molecule has 1 aromatic rings. The van der Waals surface area contributed by atoms with Crippen LogP contribution in [0.5, 0.6) is 0 Å². The molecule has 2 aliphatic rings. The van der Waals surface area contributed by atoms with E-state index in [2.05, 4.69) is 60.9 Å². The van der Waals surface area contributed by atoms with Crippen molar-refractivity contribution in [2.75, 3.05) is 26.2 Å². The number of benzene rings is 1. The molecule has 110 valence electrons. The molecular weight excluding hydrogens is 244 g/mol. The van der Waals surface area contributed by atoms with Crippen LogP contribution >= 0.6 is 0 Å². The van der Waals surface area contributed by atoms with Crippen LogP contribution in [-0.2, 0) is 6.54 Å². The van der Waals surface area contributed by atoms with E-state index in [0.717, 1.165) is 6.54 Å². The monoisotopic (exact) mass is 272 g/mol. The fourth-order valence-corrected chi connectivity index (χ4v) is 3.85. The van der Waals surface area contributed by atoms with Crippen molar-refractivity contribution in [2.24, 2.45) is 5.41 Å². The minimum absolute atomic E-state index is 0.330. The molecule has 0 bridgehead atoms. The van der Waals surface area contributed by atoms with Gasteiger partial charge >= 0.3 is 0 Å². The summed E-state index contributed by atoms with van der Waals surface area (Å²) in [6.07, 6.45) is 2.77. The van der Waals surface area contributed by atoms with Gasteiger partial charge in [-0.1, -0.05) is 30.3 Å². The molecule has 0 radical (unpaired) electrons. The van der Waals surface area contributed by atoms with Gasteiger partial charge in [0.25, 0.3) is 0 Å². The number of hydrogen-bond acceptors (Lipinski definition) is 2. The zero-order valence-electron chi connectivity index (χ0n) is 13.2. The topological polar surface area (TPSA) is 6.48 Å². The molecule has 0 aliphatic carbocycles. The lowest BCUT2D eigenvalue weighted by atomic mass is 9.86. The van der Waals surface area contributed by atoms with E-state index in [9.17, 15) is 0 Å².